The molecule has 8 heteroatoms. The maximum absolute atomic E-state index is 6.23. The van der Waals surface area contributed by atoms with E-state index in [1.807, 2.05) is 32.0 Å². The standard InChI is InChI=1S/C17H15N7O/c1-10-4-3-5-13(11(10)2)24-15(18)14(21-23-24)17-20-16(22-25-17)12-6-8-19-9-7-12/h3-9H,18H2,1-2H3. The van der Waals surface area contributed by atoms with Gasteiger partial charge in [0, 0.05) is 18.0 Å². The van der Waals surface area contributed by atoms with E-state index in [2.05, 4.69) is 25.4 Å². The summed E-state index contributed by atoms with van der Waals surface area (Å²) >= 11 is 0. The van der Waals surface area contributed by atoms with Gasteiger partial charge in [-0.15, -0.1) is 5.10 Å². The molecule has 0 spiro atoms. The average molecular weight is 333 g/mol. The predicted molar refractivity (Wildman–Crippen MR) is 91.8 cm³/mol. The fraction of sp³-hybridized carbons (Fsp3) is 0.118. The highest BCUT2D eigenvalue weighted by Crippen LogP contribution is 2.27. The van der Waals surface area contributed by atoms with Crippen molar-refractivity contribution >= 4 is 5.82 Å². The smallest absolute Gasteiger partial charge is 0.282 e. The van der Waals surface area contributed by atoms with Crippen molar-refractivity contribution in [3.05, 3.63) is 53.9 Å². The number of nitrogen functional groups attached to an aromatic ring is 1. The molecule has 0 aliphatic rings. The first kappa shape index (κ1) is 15.0. The zero-order chi connectivity index (χ0) is 17.4. The molecule has 0 unspecified atom stereocenters. The van der Waals surface area contributed by atoms with E-state index in [1.54, 1.807) is 29.2 Å². The second kappa shape index (κ2) is 5.82. The molecule has 0 fully saturated rings. The molecule has 0 saturated carbocycles. The quantitative estimate of drug-likeness (QED) is 0.613. The Morgan fingerprint density at radius 1 is 1.08 bits per heavy atom. The summed E-state index contributed by atoms with van der Waals surface area (Å²) in [4.78, 5) is 8.33. The van der Waals surface area contributed by atoms with E-state index >= 15 is 0 Å². The molecule has 8 nitrogen and oxygen atoms in total. The van der Waals surface area contributed by atoms with Gasteiger partial charge in [-0.3, -0.25) is 4.98 Å². The molecule has 4 aromatic rings. The number of nitrogens with two attached hydrogens (primary N) is 1. The fourth-order valence-electron chi connectivity index (χ4n) is 2.52. The van der Waals surface area contributed by atoms with Crippen LogP contribution in [0.15, 0.2) is 47.2 Å². The minimum absolute atomic E-state index is 0.223. The number of hydrogen-bond donors (Lipinski definition) is 1. The minimum atomic E-state index is 0.223. The largest absolute Gasteiger partial charge is 0.382 e. The van der Waals surface area contributed by atoms with E-state index in [0.717, 1.165) is 22.4 Å². The molecule has 0 bridgehead atoms. The lowest BCUT2D eigenvalue weighted by molar-refractivity contribution is 0.431. The molecule has 0 aliphatic carbocycles. The Balaban J connectivity index is 1.75. The molecule has 0 amide bonds. The Labute approximate surface area is 143 Å². The van der Waals surface area contributed by atoms with Gasteiger partial charge in [0.1, 0.15) is 0 Å². The van der Waals surface area contributed by atoms with Crippen molar-refractivity contribution in [1.29, 1.82) is 0 Å². The molecule has 124 valence electrons. The number of benzene rings is 1. The van der Waals surface area contributed by atoms with Crippen molar-refractivity contribution in [2.45, 2.75) is 13.8 Å². The summed E-state index contributed by atoms with van der Waals surface area (Å²) < 4.78 is 6.89. The van der Waals surface area contributed by atoms with Crippen LogP contribution in [0.5, 0.6) is 0 Å². The van der Waals surface area contributed by atoms with Gasteiger partial charge >= 0.3 is 0 Å². The van der Waals surface area contributed by atoms with Crippen LogP contribution in [-0.4, -0.2) is 30.1 Å². The zero-order valence-electron chi connectivity index (χ0n) is 13.7. The van der Waals surface area contributed by atoms with Gasteiger partial charge in [-0.1, -0.05) is 22.5 Å². The van der Waals surface area contributed by atoms with Crippen LogP contribution >= 0.6 is 0 Å². The van der Waals surface area contributed by atoms with E-state index < -0.39 is 0 Å². The molecule has 3 aromatic heterocycles. The normalized spacial score (nSPS) is 11.0. The highest BCUT2D eigenvalue weighted by Gasteiger charge is 2.20. The molecular weight excluding hydrogens is 318 g/mol. The molecule has 25 heavy (non-hydrogen) atoms. The molecule has 0 radical (unpaired) electrons. The van der Waals surface area contributed by atoms with E-state index in [9.17, 15) is 0 Å². The number of nitrogens with zero attached hydrogens (tertiary/aromatic N) is 6. The van der Waals surface area contributed by atoms with Crippen LogP contribution in [0.4, 0.5) is 5.82 Å². The second-order valence-electron chi connectivity index (χ2n) is 5.61. The van der Waals surface area contributed by atoms with Crippen molar-refractivity contribution in [2.75, 3.05) is 5.73 Å². The molecule has 1 aromatic carbocycles. The topological polar surface area (TPSA) is 109 Å². The molecule has 3 heterocycles. The predicted octanol–water partition coefficient (Wildman–Crippen LogP) is 2.58. The lowest BCUT2D eigenvalue weighted by Crippen LogP contribution is -2.05. The van der Waals surface area contributed by atoms with E-state index in [4.69, 9.17) is 10.3 Å². The van der Waals surface area contributed by atoms with Gasteiger partial charge in [0.25, 0.3) is 5.89 Å². The molecule has 2 N–H and O–H groups in total. The van der Waals surface area contributed by atoms with Crippen LogP contribution in [-0.2, 0) is 0 Å². The highest BCUT2D eigenvalue weighted by molar-refractivity contribution is 5.66. The van der Waals surface area contributed by atoms with E-state index in [1.165, 1.54) is 0 Å². The summed E-state index contributed by atoms with van der Waals surface area (Å²) in [7, 11) is 0. The third-order valence-electron chi connectivity index (χ3n) is 4.08. The van der Waals surface area contributed by atoms with E-state index in [0.29, 0.717) is 17.3 Å². The lowest BCUT2D eigenvalue weighted by atomic mass is 10.1. The van der Waals surface area contributed by atoms with Gasteiger partial charge in [0.05, 0.1) is 5.69 Å². The van der Waals surface area contributed by atoms with Gasteiger partial charge in [-0.25, -0.2) is 0 Å². The van der Waals surface area contributed by atoms with Crippen LogP contribution in [0, 0.1) is 13.8 Å². The van der Waals surface area contributed by atoms with Crippen LogP contribution in [0.2, 0.25) is 0 Å². The molecule has 0 aliphatic heterocycles. The summed E-state index contributed by atoms with van der Waals surface area (Å²) in [5.41, 5.74) is 10.5. The van der Waals surface area contributed by atoms with Crippen molar-refractivity contribution < 1.29 is 4.52 Å². The second-order valence-corrected chi connectivity index (χ2v) is 5.61. The first-order valence-electron chi connectivity index (χ1n) is 7.67. The minimum Gasteiger partial charge on any atom is -0.382 e. The van der Waals surface area contributed by atoms with Crippen molar-refractivity contribution in [3.63, 3.8) is 0 Å². The number of rotatable bonds is 3. The van der Waals surface area contributed by atoms with Crippen molar-refractivity contribution in [2.24, 2.45) is 0 Å². The third-order valence-corrected chi connectivity index (χ3v) is 4.08. The molecule has 0 saturated heterocycles. The number of pyridine rings is 1. The summed E-state index contributed by atoms with van der Waals surface area (Å²) in [6, 6.07) is 9.52. The van der Waals surface area contributed by atoms with Gasteiger partial charge in [0.2, 0.25) is 5.82 Å². The Bertz CT molecular complexity index is 1040. The van der Waals surface area contributed by atoms with Crippen LogP contribution < -0.4 is 5.73 Å². The highest BCUT2D eigenvalue weighted by atomic mass is 16.5. The number of aromatic nitrogens is 6. The Morgan fingerprint density at radius 2 is 1.88 bits per heavy atom. The number of hydrogen-bond acceptors (Lipinski definition) is 7. The fourth-order valence-corrected chi connectivity index (χ4v) is 2.52. The lowest BCUT2D eigenvalue weighted by Gasteiger charge is -2.08. The van der Waals surface area contributed by atoms with Crippen molar-refractivity contribution in [1.82, 2.24) is 30.1 Å². The third kappa shape index (κ3) is 2.53. The van der Waals surface area contributed by atoms with Gasteiger partial charge in [0.15, 0.2) is 11.5 Å². The Morgan fingerprint density at radius 3 is 2.68 bits per heavy atom. The maximum Gasteiger partial charge on any atom is 0.282 e. The maximum atomic E-state index is 6.23. The van der Waals surface area contributed by atoms with Crippen LogP contribution in [0.3, 0.4) is 0 Å². The summed E-state index contributed by atoms with van der Waals surface area (Å²) in [5.74, 6) is 1.01. The summed E-state index contributed by atoms with van der Waals surface area (Å²) in [5, 5.41) is 12.2. The first-order valence-corrected chi connectivity index (χ1v) is 7.67. The molecule has 4 rings (SSSR count). The summed E-state index contributed by atoms with van der Waals surface area (Å²) in [6.07, 6.45) is 3.33. The van der Waals surface area contributed by atoms with Gasteiger partial charge < -0.3 is 10.3 Å². The van der Waals surface area contributed by atoms with Crippen LogP contribution in [0.25, 0.3) is 28.7 Å². The SMILES string of the molecule is Cc1cccc(-n2nnc(-c3nc(-c4ccncc4)no3)c2N)c1C. The Hall–Kier alpha value is -3.55. The number of aryl methyl sites for hydroxylation is 1. The van der Waals surface area contributed by atoms with Crippen molar-refractivity contribution in [3.8, 4) is 28.7 Å². The molecule has 0 atom stereocenters. The number of anilines is 1. The van der Waals surface area contributed by atoms with Crippen LogP contribution in [0.1, 0.15) is 11.1 Å². The summed E-state index contributed by atoms with van der Waals surface area (Å²) in [6.45, 7) is 4.05. The average Bonchev–Trinajstić information content (AvgIpc) is 3.25. The van der Waals surface area contributed by atoms with Gasteiger partial charge in [-0.05, 0) is 43.2 Å². The molecular formula is C17H15N7O. The van der Waals surface area contributed by atoms with Gasteiger partial charge in [-0.2, -0.15) is 9.67 Å². The Kier molecular flexibility index (Phi) is 3.50. The van der Waals surface area contributed by atoms with E-state index in [-0.39, 0.29) is 5.89 Å². The zero-order valence-corrected chi connectivity index (χ0v) is 13.7. The first-order chi connectivity index (χ1) is 12.1. The monoisotopic (exact) mass is 333 g/mol.